The minimum absolute atomic E-state index is 0.0262. The quantitative estimate of drug-likeness (QED) is 0.437. The number of esters is 1. The normalized spacial score (nSPS) is 9.88. The van der Waals surface area contributed by atoms with E-state index in [4.69, 9.17) is 4.74 Å². The second-order valence-electron chi connectivity index (χ2n) is 3.19. The van der Waals surface area contributed by atoms with E-state index in [9.17, 15) is 14.0 Å². The summed E-state index contributed by atoms with van der Waals surface area (Å²) in [6, 6.07) is 3.90. The molecular formula is C12H12FO3. The van der Waals surface area contributed by atoms with Gasteiger partial charge in [-0.2, -0.15) is 0 Å². The molecule has 0 atom stereocenters. The lowest BCUT2D eigenvalue weighted by atomic mass is 10.2. The van der Waals surface area contributed by atoms with Crippen LogP contribution < -0.4 is 4.74 Å². The van der Waals surface area contributed by atoms with Gasteiger partial charge in [-0.15, -0.1) is 0 Å². The molecule has 0 fully saturated rings. The summed E-state index contributed by atoms with van der Waals surface area (Å²) >= 11 is 0. The largest absolute Gasteiger partial charge is 0.422 e. The van der Waals surface area contributed by atoms with E-state index in [1.165, 1.54) is 18.6 Å². The molecule has 0 aliphatic rings. The van der Waals surface area contributed by atoms with Crippen LogP contribution in [0.1, 0.15) is 30.1 Å². The number of hydrogen-bond acceptors (Lipinski definition) is 3. The van der Waals surface area contributed by atoms with Gasteiger partial charge in [0.15, 0.2) is 17.9 Å². The van der Waals surface area contributed by atoms with Crippen LogP contribution in [0.3, 0.4) is 0 Å². The van der Waals surface area contributed by atoms with Crippen LogP contribution >= 0.6 is 0 Å². The number of benzene rings is 1. The Morgan fingerprint density at radius 2 is 2.25 bits per heavy atom. The maximum atomic E-state index is 13.3. The Balaban J connectivity index is 2.79. The summed E-state index contributed by atoms with van der Waals surface area (Å²) in [6.45, 7) is 1.91. The number of unbranched alkanes of at least 4 members (excludes halogenated alkanes) is 1. The first kappa shape index (κ1) is 12.4. The molecule has 0 unspecified atom stereocenters. The van der Waals surface area contributed by atoms with Crippen molar-refractivity contribution in [1.29, 1.82) is 0 Å². The summed E-state index contributed by atoms with van der Waals surface area (Å²) in [5.74, 6) is -1.67. The smallest absolute Gasteiger partial charge is 0.315 e. The first-order chi connectivity index (χ1) is 7.69. The lowest BCUT2D eigenvalue weighted by Crippen LogP contribution is -2.10. The molecule has 0 saturated carbocycles. The highest BCUT2D eigenvalue weighted by molar-refractivity contribution is 5.85. The zero-order valence-corrected chi connectivity index (χ0v) is 8.90. The van der Waals surface area contributed by atoms with Crippen molar-refractivity contribution in [3.05, 3.63) is 36.0 Å². The lowest BCUT2D eigenvalue weighted by Gasteiger charge is -2.06. The third-order valence-electron chi connectivity index (χ3n) is 1.93. The van der Waals surface area contributed by atoms with Crippen LogP contribution in [0.25, 0.3) is 0 Å². The molecule has 16 heavy (non-hydrogen) atoms. The number of carbonyl (C=O) groups is 2. The molecule has 1 aromatic carbocycles. The van der Waals surface area contributed by atoms with E-state index in [-0.39, 0.29) is 11.3 Å². The Labute approximate surface area is 93.2 Å². The van der Waals surface area contributed by atoms with Gasteiger partial charge in [0.1, 0.15) is 0 Å². The Morgan fingerprint density at radius 3 is 2.88 bits per heavy atom. The van der Waals surface area contributed by atoms with Gasteiger partial charge in [0.05, 0.1) is 12.0 Å². The summed E-state index contributed by atoms with van der Waals surface area (Å²) < 4.78 is 18.0. The fourth-order valence-corrected chi connectivity index (χ4v) is 1.13. The predicted octanol–water partition coefficient (Wildman–Crippen LogP) is 2.55. The van der Waals surface area contributed by atoms with Gasteiger partial charge in [-0.1, -0.05) is 19.4 Å². The number of aldehydes is 1. The van der Waals surface area contributed by atoms with Crippen molar-refractivity contribution in [2.45, 2.75) is 19.8 Å². The molecule has 0 aromatic heterocycles. The summed E-state index contributed by atoms with van der Waals surface area (Å²) in [5, 5.41) is 0. The number of ether oxygens (including phenoxy) is 1. The standard InChI is InChI=1S/C12H12FO3/c1-2-3-7-11(15)16-12-9(8-14)5-4-6-10(12)13/h4-8H,2-3H2,1H3. The number of para-hydroxylation sites is 1. The average molecular weight is 223 g/mol. The van der Waals surface area contributed by atoms with Gasteiger partial charge in [0.25, 0.3) is 0 Å². The van der Waals surface area contributed by atoms with Gasteiger partial charge in [0.2, 0.25) is 0 Å². The van der Waals surface area contributed by atoms with E-state index in [0.29, 0.717) is 12.7 Å². The number of rotatable bonds is 5. The third kappa shape index (κ3) is 3.15. The second kappa shape index (κ2) is 6.00. The Bertz CT molecular complexity index is 388. The van der Waals surface area contributed by atoms with Gasteiger partial charge in [-0.05, 0) is 18.6 Å². The molecule has 85 valence electrons. The highest BCUT2D eigenvalue weighted by Crippen LogP contribution is 2.21. The molecule has 0 heterocycles. The lowest BCUT2D eigenvalue weighted by molar-refractivity contribution is -0.130. The fraction of sp³-hybridized carbons (Fsp3) is 0.250. The minimum atomic E-state index is -0.720. The Hall–Kier alpha value is -1.71. The van der Waals surface area contributed by atoms with E-state index < -0.39 is 11.8 Å². The van der Waals surface area contributed by atoms with Gasteiger partial charge >= 0.3 is 5.97 Å². The van der Waals surface area contributed by atoms with Crippen LogP contribution in [0, 0.1) is 12.2 Å². The van der Waals surface area contributed by atoms with Crippen LogP contribution in [-0.2, 0) is 4.79 Å². The average Bonchev–Trinajstić information content (AvgIpc) is 2.29. The highest BCUT2D eigenvalue weighted by Gasteiger charge is 2.13. The summed E-state index contributed by atoms with van der Waals surface area (Å²) in [4.78, 5) is 21.8. The van der Waals surface area contributed by atoms with Crippen molar-refractivity contribution in [2.24, 2.45) is 0 Å². The van der Waals surface area contributed by atoms with Crippen LogP contribution in [0.2, 0.25) is 0 Å². The van der Waals surface area contributed by atoms with E-state index in [2.05, 4.69) is 0 Å². The topological polar surface area (TPSA) is 43.4 Å². The van der Waals surface area contributed by atoms with Crippen LogP contribution in [-0.4, -0.2) is 12.3 Å². The van der Waals surface area contributed by atoms with Crippen molar-refractivity contribution in [3.8, 4) is 5.75 Å². The number of hydrogen-bond donors (Lipinski definition) is 0. The summed E-state index contributed by atoms with van der Waals surface area (Å²) in [6.07, 6.45) is 3.13. The van der Waals surface area contributed by atoms with E-state index in [1.54, 1.807) is 0 Å². The summed E-state index contributed by atoms with van der Waals surface area (Å²) in [5.41, 5.74) is 0.0262. The van der Waals surface area contributed by atoms with Crippen molar-refractivity contribution >= 4 is 12.3 Å². The Morgan fingerprint density at radius 1 is 1.50 bits per heavy atom. The van der Waals surface area contributed by atoms with Gasteiger partial charge in [-0.25, -0.2) is 4.39 Å². The molecule has 1 radical (unpaired) electrons. The molecule has 0 spiro atoms. The molecular weight excluding hydrogens is 211 g/mol. The van der Waals surface area contributed by atoms with Crippen LogP contribution in [0.4, 0.5) is 4.39 Å². The van der Waals surface area contributed by atoms with E-state index >= 15 is 0 Å². The number of halogens is 1. The zero-order valence-electron chi connectivity index (χ0n) is 8.90. The zero-order chi connectivity index (χ0) is 12.0. The minimum Gasteiger partial charge on any atom is -0.422 e. The van der Waals surface area contributed by atoms with Crippen molar-refractivity contribution in [2.75, 3.05) is 0 Å². The number of carbonyl (C=O) groups excluding carboxylic acids is 2. The highest BCUT2D eigenvalue weighted by atomic mass is 19.1. The molecule has 0 saturated heterocycles. The molecule has 0 bridgehead atoms. The van der Waals surface area contributed by atoms with Crippen molar-refractivity contribution in [3.63, 3.8) is 0 Å². The van der Waals surface area contributed by atoms with Gasteiger partial charge in [0, 0.05) is 0 Å². The monoisotopic (exact) mass is 223 g/mol. The molecule has 0 aliphatic heterocycles. The fourth-order valence-electron chi connectivity index (χ4n) is 1.13. The van der Waals surface area contributed by atoms with Crippen molar-refractivity contribution < 1.29 is 18.7 Å². The van der Waals surface area contributed by atoms with Gasteiger partial charge < -0.3 is 4.74 Å². The maximum absolute atomic E-state index is 13.3. The Kier molecular flexibility index (Phi) is 4.64. The van der Waals surface area contributed by atoms with Crippen LogP contribution in [0.15, 0.2) is 18.2 Å². The molecule has 1 aromatic rings. The molecule has 3 nitrogen and oxygen atoms in total. The SMILES string of the molecule is CCC[CH]C(=O)Oc1c(F)cccc1C=O. The molecule has 0 aliphatic carbocycles. The third-order valence-corrected chi connectivity index (χ3v) is 1.93. The molecule has 4 heteroatoms. The van der Waals surface area contributed by atoms with E-state index in [1.807, 2.05) is 6.92 Å². The first-order valence-electron chi connectivity index (χ1n) is 4.97. The molecule has 0 amide bonds. The molecule has 0 N–H and O–H groups in total. The summed E-state index contributed by atoms with van der Waals surface area (Å²) in [7, 11) is 0. The van der Waals surface area contributed by atoms with Crippen LogP contribution in [0.5, 0.6) is 5.75 Å². The second-order valence-corrected chi connectivity index (χ2v) is 3.19. The van der Waals surface area contributed by atoms with Crippen molar-refractivity contribution in [1.82, 2.24) is 0 Å². The first-order valence-corrected chi connectivity index (χ1v) is 4.97. The molecule has 1 rings (SSSR count). The van der Waals surface area contributed by atoms with E-state index in [0.717, 1.165) is 12.5 Å². The predicted molar refractivity (Wildman–Crippen MR) is 56.6 cm³/mol. The maximum Gasteiger partial charge on any atom is 0.315 e. The van der Waals surface area contributed by atoms with Gasteiger partial charge in [-0.3, -0.25) is 9.59 Å².